The van der Waals surface area contributed by atoms with Crippen molar-refractivity contribution in [1.82, 2.24) is 19.9 Å². The molecule has 0 N–H and O–H groups in total. The SMILES string of the molecule is Cc1nccc([C@@H]2C[C@@H]3CCN(Cc4scnc4C)C[C@H]3O2)n1. The van der Waals surface area contributed by atoms with Gasteiger partial charge in [-0.05, 0) is 45.2 Å². The molecule has 2 aromatic rings. The van der Waals surface area contributed by atoms with E-state index in [1.165, 1.54) is 17.0 Å². The summed E-state index contributed by atoms with van der Waals surface area (Å²) in [6, 6.07) is 1.99. The van der Waals surface area contributed by atoms with Crippen molar-refractivity contribution in [3.8, 4) is 0 Å². The first-order valence-corrected chi connectivity index (χ1v) is 9.13. The van der Waals surface area contributed by atoms with E-state index < -0.39 is 0 Å². The van der Waals surface area contributed by atoms with Crippen molar-refractivity contribution in [3.63, 3.8) is 0 Å². The summed E-state index contributed by atoms with van der Waals surface area (Å²) in [6.45, 7) is 7.20. The van der Waals surface area contributed by atoms with Gasteiger partial charge in [0.15, 0.2) is 0 Å². The van der Waals surface area contributed by atoms with Gasteiger partial charge in [-0.1, -0.05) is 0 Å². The fourth-order valence-corrected chi connectivity index (χ4v) is 4.48. The quantitative estimate of drug-likeness (QED) is 0.866. The maximum Gasteiger partial charge on any atom is 0.125 e. The molecule has 5 nitrogen and oxygen atoms in total. The molecule has 3 atom stereocenters. The Morgan fingerprint density at radius 2 is 2.26 bits per heavy atom. The van der Waals surface area contributed by atoms with Crippen molar-refractivity contribution in [2.75, 3.05) is 13.1 Å². The minimum atomic E-state index is 0.136. The summed E-state index contributed by atoms with van der Waals surface area (Å²) in [5.41, 5.74) is 4.15. The number of rotatable bonds is 3. The highest BCUT2D eigenvalue weighted by Gasteiger charge is 2.40. The fourth-order valence-electron chi connectivity index (χ4n) is 3.66. The molecule has 0 unspecified atom stereocenters. The molecule has 2 saturated heterocycles. The van der Waals surface area contributed by atoms with Gasteiger partial charge in [-0.3, -0.25) is 4.90 Å². The van der Waals surface area contributed by atoms with E-state index in [1.54, 1.807) is 11.3 Å². The lowest BCUT2D eigenvalue weighted by Gasteiger charge is -2.33. The van der Waals surface area contributed by atoms with Gasteiger partial charge in [-0.25, -0.2) is 15.0 Å². The minimum Gasteiger partial charge on any atom is -0.367 e. The first-order valence-electron chi connectivity index (χ1n) is 8.25. The standard InChI is InChI=1S/C17H22N4OS/c1-11-17(23-10-19-11)9-21-6-4-13-7-15(22-16(13)8-21)14-3-5-18-12(2)20-14/h3,5,10,13,15-16H,4,6-9H2,1-2H3/t13-,15-,16+/m0/s1. The molecule has 23 heavy (non-hydrogen) atoms. The van der Waals surface area contributed by atoms with Gasteiger partial charge < -0.3 is 4.74 Å². The summed E-state index contributed by atoms with van der Waals surface area (Å²) in [4.78, 5) is 17.0. The molecule has 0 bridgehead atoms. The highest BCUT2D eigenvalue weighted by molar-refractivity contribution is 7.09. The maximum absolute atomic E-state index is 6.34. The molecule has 0 saturated carbocycles. The summed E-state index contributed by atoms with van der Waals surface area (Å²) in [6.07, 6.45) is 4.61. The van der Waals surface area contributed by atoms with Crippen LogP contribution in [0.4, 0.5) is 0 Å². The number of hydrogen-bond acceptors (Lipinski definition) is 6. The molecule has 122 valence electrons. The Kier molecular flexibility index (Phi) is 4.13. The number of hydrogen-bond donors (Lipinski definition) is 0. The van der Waals surface area contributed by atoms with Crippen LogP contribution < -0.4 is 0 Å². The average Bonchev–Trinajstić information content (AvgIpc) is 3.14. The van der Waals surface area contributed by atoms with Crippen LogP contribution >= 0.6 is 11.3 Å². The van der Waals surface area contributed by atoms with Gasteiger partial charge in [0.25, 0.3) is 0 Å². The molecule has 0 spiro atoms. The smallest absolute Gasteiger partial charge is 0.125 e. The van der Waals surface area contributed by atoms with Crippen LogP contribution in [0.15, 0.2) is 17.8 Å². The fraction of sp³-hybridized carbons (Fsp3) is 0.588. The Hall–Kier alpha value is -1.37. The molecule has 2 fully saturated rings. The number of aryl methyl sites for hydroxylation is 2. The number of thiazole rings is 1. The molecule has 4 rings (SSSR count). The van der Waals surface area contributed by atoms with Gasteiger partial charge in [-0.2, -0.15) is 0 Å². The van der Waals surface area contributed by atoms with Crippen LogP contribution in [0.5, 0.6) is 0 Å². The number of ether oxygens (including phenoxy) is 1. The van der Waals surface area contributed by atoms with Gasteiger partial charge in [0.1, 0.15) is 11.9 Å². The highest BCUT2D eigenvalue weighted by Crippen LogP contribution is 2.40. The zero-order chi connectivity index (χ0) is 15.8. The first-order chi connectivity index (χ1) is 11.2. The number of nitrogens with zero attached hydrogens (tertiary/aromatic N) is 4. The van der Waals surface area contributed by atoms with Crippen molar-refractivity contribution >= 4 is 11.3 Å². The topological polar surface area (TPSA) is 51.1 Å². The largest absolute Gasteiger partial charge is 0.367 e. The summed E-state index contributed by atoms with van der Waals surface area (Å²) in [5, 5.41) is 0. The second-order valence-electron chi connectivity index (χ2n) is 6.57. The summed E-state index contributed by atoms with van der Waals surface area (Å²) in [5.74, 6) is 1.48. The van der Waals surface area contributed by atoms with Crippen LogP contribution in [0.25, 0.3) is 0 Å². The van der Waals surface area contributed by atoms with Crippen LogP contribution in [0.2, 0.25) is 0 Å². The third-order valence-corrected chi connectivity index (χ3v) is 5.90. The predicted molar refractivity (Wildman–Crippen MR) is 89.2 cm³/mol. The molecule has 0 amide bonds. The molecule has 2 aromatic heterocycles. The van der Waals surface area contributed by atoms with Gasteiger partial charge in [-0.15, -0.1) is 11.3 Å². The van der Waals surface area contributed by atoms with E-state index in [0.717, 1.165) is 37.6 Å². The molecule has 0 aliphatic carbocycles. The molecule has 0 aromatic carbocycles. The van der Waals surface area contributed by atoms with Gasteiger partial charge >= 0.3 is 0 Å². The molecular weight excluding hydrogens is 308 g/mol. The molecule has 6 heteroatoms. The van der Waals surface area contributed by atoms with Crippen LogP contribution in [-0.4, -0.2) is 39.0 Å². The maximum atomic E-state index is 6.34. The van der Waals surface area contributed by atoms with Crippen molar-refractivity contribution in [3.05, 3.63) is 39.9 Å². The number of piperidine rings is 1. The Morgan fingerprint density at radius 3 is 3.04 bits per heavy atom. The molecule has 4 heterocycles. The second-order valence-corrected chi connectivity index (χ2v) is 7.51. The van der Waals surface area contributed by atoms with Gasteiger partial charge in [0, 0.05) is 24.2 Å². The monoisotopic (exact) mass is 330 g/mol. The Labute approximate surface area is 140 Å². The van der Waals surface area contributed by atoms with Crippen LogP contribution in [0.1, 0.15) is 41.0 Å². The van der Waals surface area contributed by atoms with E-state index >= 15 is 0 Å². The lowest BCUT2D eigenvalue weighted by molar-refractivity contribution is -0.0105. The third-order valence-electron chi connectivity index (χ3n) is 4.98. The minimum absolute atomic E-state index is 0.136. The second kappa shape index (κ2) is 6.26. The Balaban J connectivity index is 1.41. The van der Waals surface area contributed by atoms with E-state index in [2.05, 4.69) is 26.8 Å². The van der Waals surface area contributed by atoms with E-state index in [1.807, 2.05) is 24.7 Å². The predicted octanol–water partition coefficient (Wildman–Crippen LogP) is 2.90. The summed E-state index contributed by atoms with van der Waals surface area (Å²) in [7, 11) is 0. The van der Waals surface area contributed by atoms with E-state index in [4.69, 9.17) is 4.74 Å². The highest BCUT2D eigenvalue weighted by atomic mass is 32.1. The van der Waals surface area contributed by atoms with E-state index in [0.29, 0.717) is 12.0 Å². The van der Waals surface area contributed by atoms with E-state index in [-0.39, 0.29) is 6.10 Å². The van der Waals surface area contributed by atoms with Crippen molar-refractivity contribution in [2.45, 2.75) is 45.4 Å². The summed E-state index contributed by atoms with van der Waals surface area (Å²) < 4.78 is 6.34. The normalized spacial score (nSPS) is 28.0. The Morgan fingerprint density at radius 1 is 1.35 bits per heavy atom. The van der Waals surface area contributed by atoms with Crippen LogP contribution in [0.3, 0.4) is 0 Å². The van der Waals surface area contributed by atoms with Crippen LogP contribution in [0, 0.1) is 19.8 Å². The van der Waals surface area contributed by atoms with Gasteiger partial charge in [0.05, 0.1) is 23.0 Å². The van der Waals surface area contributed by atoms with Crippen molar-refractivity contribution in [1.29, 1.82) is 0 Å². The summed E-state index contributed by atoms with van der Waals surface area (Å²) >= 11 is 1.76. The third kappa shape index (κ3) is 3.16. The van der Waals surface area contributed by atoms with Gasteiger partial charge in [0.2, 0.25) is 0 Å². The first kappa shape index (κ1) is 15.2. The number of likely N-dealkylation sites (tertiary alicyclic amines) is 1. The number of fused-ring (bicyclic) bond motifs is 1. The molecule has 2 aliphatic heterocycles. The van der Waals surface area contributed by atoms with Crippen molar-refractivity contribution in [2.24, 2.45) is 5.92 Å². The molecule has 2 aliphatic rings. The average molecular weight is 330 g/mol. The zero-order valence-electron chi connectivity index (χ0n) is 13.6. The lowest BCUT2D eigenvalue weighted by Crippen LogP contribution is -2.41. The zero-order valence-corrected chi connectivity index (χ0v) is 14.4. The van der Waals surface area contributed by atoms with E-state index in [9.17, 15) is 0 Å². The molecular formula is C17H22N4OS. The van der Waals surface area contributed by atoms with Crippen LogP contribution in [-0.2, 0) is 11.3 Å². The van der Waals surface area contributed by atoms with Crippen molar-refractivity contribution < 1.29 is 4.74 Å². The number of aromatic nitrogens is 3. The molecule has 0 radical (unpaired) electrons. The Bertz CT molecular complexity index is 689. The lowest BCUT2D eigenvalue weighted by atomic mass is 9.91.